The monoisotopic (exact) mass is 550 g/mol. The molecule has 16 heteroatoms. The number of carboxylic acids is 2. The Kier molecular flexibility index (Phi) is 9.20. The lowest BCUT2D eigenvalue weighted by molar-refractivity contribution is -0.193. The zero-order valence-corrected chi connectivity index (χ0v) is 19.4. The van der Waals surface area contributed by atoms with E-state index in [1.807, 2.05) is 18.2 Å². The number of aromatic nitrogens is 1. The van der Waals surface area contributed by atoms with Crippen molar-refractivity contribution in [2.45, 2.75) is 48.8 Å². The smallest absolute Gasteiger partial charge is 0.477 e. The Hall–Kier alpha value is -2.62. The van der Waals surface area contributed by atoms with Crippen molar-refractivity contribution < 1.29 is 59.3 Å². The van der Waals surface area contributed by atoms with Crippen LogP contribution >= 0.6 is 0 Å². The summed E-state index contributed by atoms with van der Waals surface area (Å²) in [6.45, 7) is 1.86. The van der Waals surface area contributed by atoms with Crippen molar-refractivity contribution in [3.8, 4) is 5.88 Å². The highest BCUT2D eigenvalue weighted by Gasteiger charge is 2.62. The summed E-state index contributed by atoms with van der Waals surface area (Å²) in [5.74, 6) is -4.53. The summed E-state index contributed by atoms with van der Waals surface area (Å²) in [6.07, 6.45) is -4.02. The van der Waals surface area contributed by atoms with Crippen LogP contribution in [0, 0.1) is 5.92 Å². The molecule has 0 bridgehead atoms. The average molecular weight is 550 g/mol. The number of hydrogen-bond acceptors (Lipinski definition) is 7. The molecule has 3 fully saturated rings. The topological polar surface area (TPSA) is 134 Å². The minimum Gasteiger partial charge on any atom is -0.477 e. The van der Waals surface area contributed by atoms with Gasteiger partial charge in [0.25, 0.3) is 0 Å². The molecule has 1 unspecified atom stereocenters. The zero-order valence-electron chi connectivity index (χ0n) is 18.6. The molecule has 1 aliphatic carbocycles. The summed E-state index contributed by atoms with van der Waals surface area (Å²) in [4.78, 5) is 24.3. The second-order valence-electron chi connectivity index (χ2n) is 8.44. The molecular formula is C20H24F6N2O7S. The molecule has 2 saturated heterocycles. The number of alkyl halides is 6. The fraction of sp³-hybridized carbons (Fsp3) is 0.650. The molecule has 36 heavy (non-hydrogen) atoms. The first-order valence-corrected chi connectivity index (χ1v) is 12.3. The minimum atomic E-state index is -5.08. The number of hydrogen-bond donors (Lipinski definition) is 2. The second-order valence-corrected chi connectivity index (χ2v) is 10.9. The van der Waals surface area contributed by atoms with Crippen molar-refractivity contribution >= 4 is 21.8 Å². The van der Waals surface area contributed by atoms with Gasteiger partial charge in [-0.3, -0.25) is 4.90 Å². The lowest BCUT2D eigenvalue weighted by Gasteiger charge is -2.55. The number of carboxylic acid groups (broad SMARTS) is 2. The van der Waals surface area contributed by atoms with E-state index in [-0.39, 0.29) is 5.92 Å². The van der Waals surface area contributed by atoms with Gasteiger partial charge in [-0.15, -0.1) is 0 Å². The van der Waals surface area contributed by atoms with Crippen molar-refractivity contribution in [1.29, 1.82) is 0 Å². The number of pyridine rings is 1. The standard InChI is InChI=1S/C16H22N2O3S.2C2HF3O2/c19-22(20)9-7-13(10-21-15-6-1-2-8-17-15)16(22)11-18(12-16)14-4-3-5-14;2*3-2(4,5)1(6)7/h1-2,6,8,13-14H,3-5,7,9-12H2;2*(H,6,7). The van der Waals surface area contributed by atoms with E-state index in [1.165, 1.54) is 19.3 Å². The molecule has 0 radical (unpaired) electrons. The number of halogens is 6. The summed E-state index contributed by atoms with van der Waals surface area (Å²) in [5, 5.41) is 14.2. The van der Waals surface area contributed by atoms with Gasteiger partial charge >= 0.3 is 24.3 Å². The fourth-order valence-corrected chi connectivity index (χ4v) is 6.40. The van der Waals surface area contributed by atoms with Gasteiger partial charge in [-0.1, -0.05) is 12.5 Å². The van der Waals surface area contributed by atoms with Gasteiger partial charge in [0, 0.05) is 37.3 Å². The fourth-order valence-electron chi connectivity index (χ4n) is 3.98. The first kappa shape index (κ1) is 29.6. The van der Waals surface area contributed by atoms with Crippen molar-refractivity contribution in [1.82, 2.24) is 9.88 Å². The van der Waals surface area contributed by atoms with Crippen LogP contribution in [-0.4, -0.2) is 89.0 Å². The van der Waals surface area contributed by atoms with Crippen LogP contribution in [0.3, 0.4) is 0 Å². The Balaban J connectivity index is 0.000000271. The first-order chi connectivity index (χ1) is 16.5. The Labute approximate surface area is 202 Å². The molecule has 1 spiro atoms. The maximum atomic E-state index is 12.6. The maximum Gasteiger partial charge on any atom is 0.490 e. The Morgan fingerprint density at radius 2 is 1.56 bits per heavy atom. The minimum absolute atomic E-state index is 0.0934. The maximum absolute atomic E-state index is 12.6. The van der Waals surface area contributed by atoms with Crippen LogP contribution in [0.5, 0.6) is 5.88 Å². The quantitative estimate of drug-likeness (QED) is 0.543. The molecule has 3 heterocycles. The molecule has 9 nitrogen and oxygen atoms in total. The van der Waals surface area contributed by atoms with Gasteiger partial charge in [0.15, 0.2) is 9.84 Å². The van der Waals surface area contributed by atoms with Gasteiger partial charge < -0.3 is 14.9 Å². The van der Waals surface area contributed by atoms with E-state index in [4.69, 9.17) is 24.5 Å². The summed E-state index contributed by atoms with van der Waals surface area (Å²) in [7, 11) is -3.00. The lowest BCUT2D eigenvalue weighted by atomic mass is 9.79. The van der Waals surface area contributed by atoms with E-state index >= 15 is 0 Å². The molecule has 1 saturated carbocycles. The molecule has 1 atom stereocenters. The molecule has 4 rings (SSSR count). The van der Waals surface area contributed by atoms with Crippen LogP contribution in [0.2, 0.25) is 0 Å². The van der Waals surface area contributed by atoms with Crippen LogP contribution in [0.1, 0.15) is 25.7 Å². The lowest BCUT2D eigenvalue weighted by Crippen LogP contribution is -2.70. The first-order valence-electron chi connectivity index (χ1n) is 10.6. The van der Waals surface area contributed by atoms with E-state index in [2.05, 4.69) is 9.88 Å². The predicted molar refractivity (Wildman–Crippen MR) is 111 cm³/mol. The van der Waals surface area contributed by atoms with Crippen LogP contribution in [0.15, 0.2) is 24.4 Å². The van der Waals surface area contributed by atoms with Crippen molar-refractivity contribution in [3.05, 3.63) is 24.4 Å². The Morgan fingerprint density at radius 1 is 1.03 bits per heavy atom. The second kappa shape index (κ2) is 11.2. The molecule has 3 aliphatic rings. The number of aliphatic carboxylic acids is 2. The summed E-state index contributed by atoms with van der Waals surface area (Å²) >= 11 is 0. The van der Waals surface area contributed by atoms with Crippen LogP contribution in [0.4, 0.5) is 26.3 Å². The summed E-state index contributed by atoms with van der Waals surface area (Å²) in [6, 6.07) is 6.17. The van der Waals surface area contributed by atoms with Gasteiger partial charge in [-0.05, 0) is 25.3 Å². The van der Waals surface area contributed by atoms with E-state index in [9.17, 15) is 34.8 Å². The van der Waals surface area contributed by atoms with Crippen LogP contribution in [-0.2, 0) is 19.4 Å². The third-order valence-electron chi connectivity index (χ3n) is 6.19. The SMILES string of the molecule is O=C(O)C(F)(F)F.O=C(O)C(F)(F)F.O=S1(=O)CCC(COc2ccccn2)C12CN(C1CCC1)C2. The number of sulfone groups is 1. The van der Waals surface area contributed by atoms with Crippen LogP contribution < -0.4 is 4.74 Å². The molecular weight excluding hydrogens is 526 g/mol. The Morgan fingerprint density at radius 3 is 1.94 bits per heavy atom. The number of carbonyl (C=O) groups is 2. The highest BCUT2D eigenvalue weighted by molar-refractivity contribution is 7.93. The third kappa shape index (κ3) is 7.21. The molecule has 0 amide bonds. The van der Waals surface area contributed by atoms with Crippen molar-refractivity contribution in [3.63, 3.8) is 0 Å². The number of ether oxygens (including phenoxy) is 1. The summed E-state index contributed by atoms with van der Waals surface area (Å²) in [5.41, 5.74) is 0. The van der Waals surface area contributed by atoms with Gasteiger partial charge in [-0.25, -0.2) is 23.0 Å². The molecule has 1 aromatic heterocycles. The van der Waals surface area contributed by atoms with E-state index in [0.29, 0.717) is 43.8 Å². The normalized spacial score (nSPS) is 22.7. The van der Waals surface area contributed by atoms with E-state index in [0.717, 1.165) is 0 Å². The number of likely N-dealkylation sites (tertiary alicyclic amines) is 1. The highest BCUT2D eigenvalue weighted by atomic mass is 32.2. The van der Waals surface area contributed by atoms with Gasteiger partial charge in [0.05, 0.1) is 12.4 Å². The van der Waals surface area contributed by atoms with Gasteiger partial charge in [0.1, 0.15) is 4.75 Å². The predicted octanol–water partition coefficient (Wildman–Crippen LogP) is 2.77. The van der Waals surface area contributed by atoms with Gasteiger partial charge in [0.2, 0.25) is 5.88 Å². The molecule has 1 aromatic rings. The van der Waals surface area contributed by atoms with E-state index < -0.39 is 38.9 Å². The molecule has 0 aromatic carbocycles. The average Bonchev–Trinajstić information content (AvgIpc) is 2.96. The van der Waals surface area contributed by atoms with Gasteiger partial charge in [-0.2, -0.15) is 26.3 Å². The molecule has 2 N–H and O–H groups in total. The number of rotatable bonds is 4. The highest BCUT2D eigenvalue weighted by Crippen LogP contribution is 2.47. The summed E-state index contributed by atoms with van der Waals surface area (Å²) < 4.78 is 93.8. The Bertz CT molecular complexity index is 984. The van der Waals surface area contributed by atoms with E-state index in [1.54, 1.807) is 6.20 Å². The number of nitrogens with zero attached hydrogens (tertiary/aromatic N) is 2. The van der Waals surface area contributed by atoms with Crippen molar-refractivity contribution in [2.24, 2.45) is 5.92 Å². The molecule has 2 aliphatic heterocycles. The third-order valence-corrected chi connectivity index (χ3v) is 8.79. The largest absolute Gasteiger partial charge is 0.490 e. The van der Waals surface area contributed by atoms with Crippen LogP contribution in [0.25, 0.3) is 0 Å². The molecule has 204 valence electrons. The zero-order chi connectivity index (χ0) is 27.4. The van der Waals surface area contributed by atoms with Crippen molar-refractivity contribution in [2.75, 3.05) is 25.4 Å².